The summed E-state index contributed by atoms with van der Waals surface area (Å²) in [5, 5.41) is 0. The normalized spacial score (nSPS) is 11.4. The Hall–Kier alpha value is -1.37. The first-order valence-electron chi connectivity index (χ1n) is 3.63. The average Bonchev–Trinajstić information content (AvgIpc) is 2.07. The lowest BCUT2D eigenvalue weighted by Gasteiger charge is -1.87. The first-order chi connectivity index (χ1) is 5.43. The molecule has 1 aromatic carbocycles. The Morgan fingerprint density at radius 1 is 1.18 bits per heavy atom. The van der Waals surface area contributed by atoms with E-state index in [0.717, 1.165) is 0 Å². The van der Waals surface area contributed by atoms with Crippen LogP contribution in [0.4, 0.5) is 0 Å². The van der Waals surface area contributed by atoms with Crippen molar-refractivity contribution in [2.75, 3.05) is 0 Å². The average molecular weight is 145 g/mol. The van der Waals surface area contributed by atoms with Crippen molar-refractivity contribution in [3.63, 3.8) is 0 Å². The van der Waals surface area contributed by atoms with Gasteiger partial charge in [0.15, 0.2) is 0 Å². The van der Waals surface area contributed by atoms with E-state index < -0.39 is 0 Å². The van der Waals surface area contributed by atoms with Crippen LogP contribution in [0, 0.1) is 0 Å². The van der Waals surface area contributed by atoms with Crippen molar-refractivity contribution in [2.45, 2.75) is 6.92 Å². The predicted molar refractivity (Wildman–Crippen MR) is 49.6 cm³/mol. The van der Waals surface area contributed by atoms with E-state index in [4.69, 9.17) is 0 Å². The Morgan fingerprint density at radius 2 is 1.91 bits per heavy atom. The molecule has 1 nitrogen and oxygen atoms in total. The Bertz CT molecular complexity index is 247. The smallest absolute Gasteiger partial charge is 0.0269 e. The fourth-order valence-corrected chi connectivity index (χ4v) is 0.779. The standard InChI is InChI=1S/C10H11N/c1-2-11-9-8-10-6-4-3-5-7-10/h2-9H,1H3/b9-8-,11-2?. The molecule has 0 amide bonds. The van der Waals surface area contributed by atoms with Crippen LogP contribution in [0.3, 0.4) is 0 Å². The van der Waals surface area contributed by atoms with Gasteiger partial charge in [0.25, 0.3) is 0 Å². The molecule has 1 heteroatoms. The lowest BCUT2D eigenvalue weighted by Crippen LogP contribution is -1.66. The van der Waals surface area contributed by atoms with Gasteiger partial charge in [0.1, 0.15) is 0 Å². The largest absolute Gasteiger partial charge is 0.269 e. The number of rotatable bonds is 2. The summed E-state index contributed by atoms with van der Waals surface area (Å²) in [4.78, 5) is 3.96. The molecule has 0 unspecified atom stereocenters. The molecule has 1 aromatic rings. The molecular weight excluding hydrogens is 134 g/mol. The number of hydrogen-bond donors (Lipinski definition) is 0. The fraction of sp³-hybridized carbons (Fsp3) is 0.100. The van der Waals surface area contributed by atoms with Crippen LogP contribution in [0.5, 0.6) is 0 Å². The molecule has 56 valence electrons. The van der Waals surface area contributed by atoms with Crippen molar-refractivity contribution in [1.82, 2.24) is 0 Å². The molecule has 1 rings (SSSR count). The monoisotopic (exact) mass is 145 g/mol. The minimum atomic E-state index is 1.18. The van der Waals surface area contributed by atoms with Crippen LogP contribution >= 0.6 is 0 Å². The van der Waals surface area contributed by atoms with Crippen molar-refractivity contribution in [3.05, 3.63) is 42.1 Å². The Balaban J connectivity index is 2.64. The molecular formula is C10H11N. The van der Waals surface area contributed by atoms with E-state index in [1.54, 1.807) is 12.4 Å². The Kier molecular flexibility index (Phi) is 3.13. The molecule has 0 heterocycles. The summed E-state index contributed by atoms with van der Waals surface area (Å²) in [5.41, 5.74) is 1.18. The second-order valence-corrected chi connectivity index (χ2v) is 2.13. The zero-order valence-electron chi connectivity index (χ0n) is 6.57. The highest BCUT2D eigenvalue weighted by Gasteiger charge is 1.78. The van der Waals surface area contributed by atoms with Gasteiger partial charge in [-0.1, -0.05) is 30.3 Å². The molecule has 0 saturated carbocycles. The topological polar surface area (TPSA) is 12.4 Å². The van der Waals surface area contributed by atoms with Crippen molar-refractivity contribution < 1.29 is 0 Å². The van der Waals surface area contributed by atoms with Gasteiger partial charge < -0.3 is 0 Å². The molecule has 11 heavy (non-hydrogen) atoms. The number of aliphatic imine (C=N–C) groups is 1. The molecule has 0 aromatic heterocycles. The second-order valence-electron chi connectivity index (χ2n) is 2.13. The zero-order valence-corrected chi connectivity index (χ0v) is 6.57. The van der Waals surface area contributed by atoms with E-state index in [1.165, 1.54) is 5.56 Å². The minimum Gasteiger partial charge on any atom is -0.269 e. The van der Waals surface area contributed by atoms with Gasteiger partial charge in [-0.25, -0.2) is 0 Å². The third-order valence-corrected chi connectivity index (χ3v) is 1.30. The van der Waals surface area contributed by atoms with E-state index in [0.29, 0.717) is 0 Å². The molecule has 0 bridgehead atoms. The minimum absolute atomic E-state index is 1.18. The fourth-order valence-electron chi connectivity index (χ4n) is 0.779. The third kappa shape index (κ3) is 2.80. The summed E-state index contributed by atoms with van der Waals surface area (Å²) in [6.45, 7) is 1.90. The van der Waals surface area contributed by atoms with Gasteiger partial charge in [0.05, 0.1) is 0 Å². The van der Waals surface area contributed by atoms with Gasteiger partial charge >= 0.3 is 0 Å². The third-order valence-electron chi connectivity index (χ3n) is 1.30. The number of benzene rings is 1. The molecule has 0 aliphatic carbocycles. The van der Waals surface area contributed by atoms with Gasteiger partial charge in [-0.2, -0.15) is 0 Å². The molecule has 0 N–H and O–H groups in total. The van der Waals surface area contributed by atoms with E-state index in [9.17, 15) is 0 Å². The number of nitrogens with zero attached hydrogens (tertiary/aromatic N) is 1. The van der Waals surface area contributed by atoms with Crippen LogP contribution in [0.1, 0.15) is 12.5 Å². The summed E-state index contributed by atoms with van der Waals surface area (Å²) in [6, 6.07) is 10.1. The predicted octanol–water partition coefficient (Wildman–Crippen LogP) is 2.75. The molecule has 0 spiro atoms. The highest BCUT2D eigenvalue weighted by atomic mass is 14.6. The molecule has 0 saturated heterocycles. The zero-order chi connectivity index (χ0) is 7.94. The van der Waals surface area contributed by atoms with Gasteiger partial charge in [-0.15, -0.1) is 0 Å². The Morgan fingerprint density at radius 3 is 2.55 bits per heavy atom. The van der Waals surface area contributed by atoms with Crippen LogP contribution in [-0.2, 0) is 0 Å². The van der Waals surface area contributed by atoms with Gasteiger partial charge in [0, 0.05) is 12.4 Å². The maximum Gasteiger partial charge on any atom is 0.0269 e. The van der Waals surface area contributed by atoms with E-state index in [1.807, 2.05) is 43.3 Å². The van der Waals surface area contributed by atoms with Gasteiger partial charge in [-0.05, 0) is 18.6 Å². The van der Waals surface area contributed by atoms with Crippen LogP contribution < -0.4 is 0 Å². The maximum absolute atomic E-state index is 3.96. The second kappa shape index (κ2) is 4.45. The summed E-state index contributed by atoms with van der Waals surface area (Å²) < 4.78 is 0. The van der Waals surface area contributed by atoms with Crippen molar-refractivity contribution in [1.29, 1.82) is 0 Å². The van der Waals surface area contributed by atoms with Crippen LogP contribution in [0.15, 0.2) is 41.5 Å². The van der Waals surface area contributed by atoms with Gasteiger partial charge in [-0.3, -0.25) is 4.99 Å². The summed E-state index contributed by atoms with van der Waals surface area (Å²) in [5.74, 6) is 0. The molecule has 0 aliphatic rings. The SMILES string of the molecule is CC=N/C=C\c1ccccc1. The van der Waals surface area contributed by atoms with Crippen molar-refractivity contribution >= 4 is 12.3 Å². The highest BCUT2D eigenvalue weighted by molar-refractivity contribution is 5.57. The summed E-state index contributed by atoms with van der Waals surface area (Å²) in [7, 11) is 0. The first kappa shape index (κ1) is 7.73. The van der Waals surface area contributed by atoms with E-state index in [2.05, 4.69) is 4.99 Å². The van der Waals surface area contributed by atoms with Crippen LogP contribution in [0.25, 0.3) is 6.08 Å². The van der Waals surface area contributed by atoms with Crippen molar-refractivity contribution in [3.8, 4) is 0 Å². The quantitative estimate of drug-likeness (QED) is 0.567. The van der Waals surface area contributed by atoms with Crippen LogP contribution in [-0.4, -0.2) is 6.21 Å². The van der Waals surface area contributed by atoms with E-state index >= 15 is 0 Å². The maximum atomic E-state index is 3.96. The molecule has 0 radical (unpaired) electrons. The lowest BCUT2D eigenvalue weighted by atomic mass is 10.2. The summed E-state index contributed by atoms with van der Waals surface area (Å²) in [6.07, 6.45) is 5.52. The first-order valence-corrected chi connectivity index (χ1v) is 3.63. The van der Waals surface area contributed by atoms with Crippen LogP contribution in [0.2, 0.25) is 0 Å². The van der Waals surface area contributed by atoms with Crippen molar-refractivity contribution in [2.24, 2.45) is 4.99 Å². The Labute approximate surface area is 67.1 Å². The lowest BCUT2D eigenvalue weighted by molar-refractivity contribution is 1.58. The molecule has 0 fully saturated rings. The number of hydrogen-bond acceptors (Lipinski definition) is 1. The highest BCUT2D eigenvalue weighted by Crippen LogP contribution is 2.00. The van der Waals surface area contributed by atoms with Gasteiger partial charge in [0.2, 0.25) is 0 Å². The van der Waals surface area contributed by atoms with E-state index in [-0.39, 0.29) is 0 Å². The molecule has 0 aliphatic heterocycles. The summed E-state index contributed by atoms with van der Waals surface area (Å²) >= 11 is 0. The molecule has 0 atom stereocenters.